The summed E-state index contributed by atoms with van der Waals surface area (Å²) < 4.78 is 0. The van der Waals surface area contributed by atoms with Gasteiger partial charge in [-0.25, -0.2) is 4.79 Å². The molecular formula is C14H12N2O4. The van der Waals surface area contributed by atoms with Crippen molar-refractivity contribution in [3.05, 3.63) is 47.7 Å². The summed E-state index contributed by atoms with van der Waals surface area (Å²) in [6.45, 7) is 0. The standard InChI is InChI=1S/C14H12N2O4/c17-13(18)3-1-2-9-4-6-10(7-5-9)11-8-12(14(19)20)16-15-11/h1-2,4-8H,3H2,(H,15,16)(H,17,18)(H,19,20). The highest BCUT2D eigenvalue weighted by atomic mass is 16.4. The van der Waals surface area contributed by atoms with Crippen LogP contribution in [-0.2, 0) is 4.79 Å². The molecule has 6 heteroatoms. The number of carboxylic acid groups (broad SMARTS) is 2. The number of aliphatic carboxylic acids is 1. The summed E-state index contributed by atoms with van der Waals surface area (Å²) in [4.78, 5) is 21.1. The van der Waals surface area contributed by atoms with Gasteiger partial charge < -0.3 is 10.2 Å². The Bertz CT molecular complexity index is 656. The monoisotopic (exact) mass is 272 g/mol. The number of nitrogens with one attached hydrogen (secondary N) is 1. The van der Waals surface area contributed by atoms with E-state index in [1.807, 2.05) is 12.1 Å². The molecule has 1 heterocycles. The number of hydrogen-bond donors (Lipinski definition) is 3. The van der Waals surface area contributed by atoms with Gasteiger partial charge in [0.15, 0.2) is 0 Å². The van der Waals surface area contributed by atoms with Gasteiger partial charge in [0.25, 0.3) is 0 Å². The lowest BCUT2D eigenvalue weighted by atomic mass is 10.1. The fourth-order valence-corrected chi connectivity index (χ4v) is 1.64. The third-order valence-corrected chi connectivity index (χ3v) is 2.62. The average molecular weight is 272 g/mol. The maximum Gasteiger partial charge on any atom is 0.353 e. The van der Waals surface area contributed by atoms with Gasteiger partial charge in [0.05, 0.1) is 12.1 Å². The predicted octanol–water partition coefficient (Wildman–Crippen LogP) is 2.26. The molecule has 102 valence electrons. The number of aromatic carboxylic acids is 1. The van der Waals surface area contributed by atoms with Gasteiger partial charge in [0.1, 0.15) is 5.69 Å². The van der Waals surface area contributed by atoms with Crippen LogP contribution in [0, 0.1) is 0 Å². The molecule has 0 unspecified atom stereocenters. The molecule has 3 N–H and O–H groups in total. The van der Waals surface area contributed by atoms with E-state index in [4.69, 9.17) is 10.2 Å². The second-order valence-corrected chi connectivity index (χ2v) is 4.09. The molecule has 0 saturated carbocycles. The first kappa shape index (κ1) is 13.5. The van der Waals surface area contributed by atoms with Crippen LogP contribution in [0.25, 0.3) is 17.3 Å². The molecule has 0 spiro atoms. The highest BCUT2D eigenvalue weighted by molar-refractivity contribution is 5.86. The molecule has 6 nitrogen and oxygen atoms in total. The Kier molecular flexibility index (Phi) is 3.95. The molecule has 1 aromatic heterocycles. The van der Waals surface area contributed by atoms with Crippen LogP contribution < -0.4 is 0 Å². The summed E-state index contributed by atoms with van der Waals surface area (Å²) in [5, 5.41) is 23.7. The lowest BCUT2D eigenvalue weighted by Gasteiger charge is -1.97. The zero-order chi connectivity index (χ0) is 14.5. The molecule has 0 saturated heterocycles. The van der Waals surface area contributed by atoms with Crippen LogP contribution >= 0.6 is 0 Å². The van der Waals surface area contributed by atoms with E-state index in [0.717, 1.165) is 11.1 Å². The molecule has 0 radical (unpaired) electrons. The number of aromatic amines is 1. The van der Waals surface area contributed by atoms with Gasteiger partial charge in [-0.2, -0.15) is 5.10 Å². The molecule has 0 bridgehead atoms. The molecule has 0 aliphatic rings. The van der Waals surface area contributed by atoms with Crippen LogP contribution in [0.15, 0.2) is 36.4 Å². The smallest absolute Gasteiger partial charge is 0.353 e. The lowest BCUT2D eigenvalue weighted by molar-refractivity contribution is -0.135. The number of benzene rings is 1. The van der Waals surface area contributed by atoms with Gasteiger partial charge in [0, 0.05) is 5.56 Å². The highest BCUT2D eigenvalue weighted by Crippen LogP contribution is 2.19. The van der Waals surface area contributed by atoms with E-state index in [-0.39, 0.29) is 12.1 Å². The van der Waals surface area contributed by atoms with Crippen LogP contribution in [0.2, 0.25) is 0 Å². The van der Waals surface area contributed by atoms with Crippen molar-refractivity contribution in [1.29, 1.82) is 0 Å². The first-order chi connectivity index (χ1) is 9.56. The van der Waals surface area contributed by atoms with Crippen molar-refractivity contribution < 1.29 is 19.8 Å². The van der Waals surface area contributed by atoms with Crippen molar-refractivity contribution in [3.63, 3.8) is 0 Å². The maximum atomic E-state index is 10.7. The van der Waals surface area contributed by atoms with Gasteiger partial charge in [-0.05, 0) is 11.6 Å². The fraction of sp³-hybridized carbons (Fsp3) is 0.0714. The largest absolute Gasteiger partial charge is 0.481 e. The first-order valence-electron chi connectivity index (χ1n) is 5.84. The number of H-pyrrole nitrogens is 1. The topological polar surface area (TPSA) is 103 Å². The van der Waals surface area contributed by atoms with Crippen molar-refractivity contribution in [2.24, 2.45) is 0 Å². The van der Waals surface area contributed by atoms with Crippen LogP contribution in [0.5, 0.6) is 0 Å². The minimum atomic E-state index is -1.06. The maximum absolute atomic E-state index is 10.7. The van der Waals surface area contributed by atoms with E-state index in [2.05, 4.69) is 10.2 Å². The van der Waals surface area contributed by atoms with Crippen molar-refractivity contribution in [3.8, 4) is 11.3 Å². The Morgan fingerprint density at radius 2 is 1.90 bits per heavy atom. The quantitative estimate of drug-likeness (QED) is 0.774. The summed E-state index contributed by atoms with van der Waals surface area (Å²) in [5.41, 5.74) is 2.22. The Labute approximate surface area is 114 Å². The van der Waals surface area contributed by atoms with Gasteiger partial charge >= 0.3 is 11.9 Å². The van der Waals surface area contributed by atoms with Crippen molar-refractivity contribution in [1.82, 2.24) is 10.2 Å². The molecule has 0 fully saturated rings. The van der Waals surface area contributed by atoms with E-state index >= 15 is 0 Å². The van der Waals surface area contributed by atoms with Gasteiger partial charge in [-0.15, -0.1) is 0 Å². The number of hydrogen-bond acceptors (Lipinski definition) is 3. The summed E-state index contributed by atoms with van der Waals surface area (Å²) >= 11 is 0. The average Bonchev–Trinajstić information content (AvgIpc) is 2.89. The molecule has 2 rings (SSSR count). The predicted molar refractivity (Wildman–Crippen MR) is 72.3 cm³/mol. The molecule has 0 amide bonds. The fourth-order valence-electron chi connectivity index (χ4n) is 1.64. The highest BCUT2D eigenvalue weighted by Gasteiger charge is 2.08. The van der Waals surface area contributed by atoms with E-state index < -0.39 is 11.9 Å². The first-order valence-corrected chi connectivity index (χ1v) is 5.84. The van der Waals surface area contributed by atoms with E-state index in [9.17, 15) is 9.59 Å². The number of aromatic nitrogens is 2. The summed E-state index contributed by atoms with van der Waals surface area (Å²) in [6, 6.07) is 8.66. The van der Waals surface area contributed by atoms with E-state index in [1.54, 1.807) is 24.3 Å². The minimum absolute atomic E-state index is 0.0247. The number of carbonyl (C=O) groups is 2. The molecule has 0 aliphatic carbocycles. The lowest BCUT2D eigenvalue weighted by Crippen LogP contribution is -1.95. The zero-order valence-corrected chi connectivity index (χ0v) is 10.4. The van der Waals surface area contributed by atoms with E-state index in [0.29, 0.717) is 5.69 Å². The number of nitrogens with zero attached hydrogens (tertiary/aromatic N) is 1. The second-order valence-electron chi connectivity index (χ2n) is 4.09. The third kappa shape index (κ3) is 3.32. The summed E-state index contributed by atoms with van der Waals surface area (Å²) in [7, 11) is 0. The molecule has 0 atom stereocenters. The Morgan fingerprint density at radius 1 is 1.20 bits per heavy atom. The van der Waals surface area contributed by atoms with Gasteiger partial charge in [-0.3, -0.25) is 9.89 Å². The molecule has 2 aromatic rings. The Balaban J connectivity index is 2.13. The summed E-state index contributed by atoms with van der Waals surface area (Å²) in [6.07, 6.45) is 3.25. The molecular weight excluding hydrogens is 260 g/mol. The normalized spacial score (nSPS) is 10.8. The van der Waals surface area contributed by atoms with Crippen LogP contribution in [-0.4, -0.2) is 32.3 Å². The summed E-state index contributed by atoms with van der Waals surface area (Å²) in [5.74, 6) is -1.94. The Morgan fingerprint density at radius 3 is 2.45 bits per heavy atom. The number of carboxylic acids is 2. The van der Waals surface area contributed by atoms with Crippen LogP contribution in [0.1, 0.15) is 22.5 Å². The SMILES string of the molecule is O=C(O)CC=Cc1ccc(-c2cc(C(=O)O)[nH]n2)cc1. The molecule has 20 heavy (non-hydrogen) atoms. The Hall–Kier alpha value is -2.89. The van der Waals surface area contributed by atoms with Crippen molar-refractivity contribution in [2.45, 2.75) is 6.42 Å². The molecule has 1 aromatic carbocycles. The van der Waals surface area contributed by atoms with Crippen molar-refractivity contribution >= 4 is 18.0 Å². The number of rotatable bonds is 5. The zero-order valence-electron chi connectivity index (χ0n) is 10.4. The van der Waals surface area contributed by atoms with Crippen LogP contribution in [0.3, 0.4) is 0 Å². The minimum Gasteiger partial charge on any atom is -0.481 e. The van der Waals surface area contributed by atoms with E-state index in [1.165, 1.54) is 6.07 Å². The molecule has 0 aliphatic heterocycles. The van der Waals surface area contributed by atoms with Gasteiger partial charge in [-0.1, -0.05) is 36.4 Å². The van der Waals surface area contributed by atoms with Gasteiger partial charge in [0.2, 0.25) is 0 Å². The third-order valence-electron chi connectivity index (χ3n) is 2.62. The second kappa shape index (κ2) is 5.83. The van der Waals surface area contributed by atoms with Crippen molar-refractivity contribution in [2.75, 3.05) is 0 Å². The van der Waals surface area contributed by atoms with Crippen LogP contribution in [0.4, 0.5) is 0 Å².